The number of nitrogens with zero attached hydrogens (tertiary/aromatic N) is 2. The van der Waals surface area contributed by atoms with Crippen molar-refractivity contribution in [2.24, 2.45) is 7.05 Å². The van der Waals surface area contributed by atoms with Crippen molar-refractivity contribution in [3.63, 3.8) is 0 Å². The minimum Gasteiger partial charge on any atom is -0.369 e. The second kappa shape index (κ2) is 5.43. The van der Waals surface area contributed by atoms with E-state index < -0.39 is 5.60 Å². The molecule has 0 saturated carbocycles. The van der Waals surface area contributed by atoms with Gasteiger partial charge in [0.05, 0.1) is 12.3 Å². The molecule has 1 atom stereocenters. The number of hydrogen-bond donors (Lipinski definition) is 0. The highest BCUT2D eigenvalue weighted by atomic mass is 16.5. The molecule has 4 heteroatoms. The van der Waals surface area contributed by atoms with Gasteiger partial charge in [-0.25, -0.2) is 0 Å². The molecule has 1 aromatic heterocycles. The molecule has 0 fully saturated rings. The van der Waals surface area contributed by atoms with Crippen LogP contribution in [0.4, 0.5) is 0 Å². The zero-order valence-electron chi connectivity index (χ0n) is 13.8. The summed E-state index contributed by atoms with van der Waals surface area (Å²) in [6.07, 6.45) is 2.15. The Labute approximate surface area is 131 Å². The number of fused-ring (bicyclic) bond motifs is 3. The van der Waals surface area contributed by atoms with Crippen molar-refractivity contribution in [3.8, 4) is 0 Å². The van der Waals surface area contributed by atoms with Crippen molar-refractivity contribution < 1.29 is 9.53 Å². The van der Waals surface area contributed by atoms with E-state index in [9.17, 15) is 4.79 Å². The molecule has 1 aliphatic rings. The molecular weight excluding hydrogens is 276 g/mol. The van der Waals surface area contributed by atoms with Crippen LogP contribution in [0.3, 0.4) is 0 Å². The minimum atomic E-state index is -0.396. The Bertz CT molecular complexity index is 717. The van der Waals surface area contributed by atoms with E-state index in [-0.39, 0.29) is 5.91 Å². The number of amides is 1. The third-order valence-corrected chi connectivity index (χ3v) is 4.80. The smallest absolute Gasteiger partial charge is 0.222 e. The van der Waals surface area contributed by atoms with Crippen molar-refractivity contribution in [1.29, 1.82) is 0 Å². The van der Waals surface area contributed by atoms with Crippen LogP contribution in [0.15, 0.2) is 24.3 Å². The van der Waals surface area contributed by atoms with Gasteiger partial charge in [0.25, 0.3) is 0 Å². The molecule has 0 spiro atoms. The van der Waals surface area contributed by atoms with Crippen LogP contribution in [0, 0.1) is 0 Å². The molecule has 0 radical (unpaired) electrons. The number of para-hydroxylation sites is 1. The lowest BCUT2D eigenvalue weighted by Gasteiger charge is -2.35. The lowest BCUT2D eigenvalue weighted by Crippen LogP contribution is -2.36. The second-order valence-electron chi connectivity index (χ2n) is 6.52. The van der Waals surface area contributed by atoms with Crippen LogP contribution in [0.1, 0.15) is 31.0 Å². The highest BCUT2D eigenvalue weighted by molar-refractivity contribution is 5.86. The Balaban J connectivity index is 2.02. The number of hydrogen-bond acceptors (Lipinski definition) is 2. The van der Waals surface area contributed by atoms with Gasteiger partial charge in [0, 0.05) is 38.5 Å². The normalized spacial score (nSPS) is 20.9. The van der Waals surface area contributed by atoms with Crippen LogP contribution < -0.4 is 0 Å². The Morgan fingerprint density at radius 2 is 2.09 bits per heavy atom. The molecule has 0 bridgehead atoms. The van der Waals surface area contributed by atoms with E-state index in [0.717, 1.165) is 6.42 Å². The van der Waals surface area contributed by atoms with Gasteiger partial charge in [-0.3, -0.25) is 4.79 Å². The summed E-state index contributed by atoms with van der Waals surface area (Å²) in [5.74, 6) is 0.149. The Kier molecular flexibility index (Phi) is 3.73. The number of aryl methyl sites for hydroxylation is 1. The first-order chi connectivity index (χ1) is 10.4. The van der Waals surface area contributed by atoms with E-state index >= 15 is 0 Å². The molecule has 0 aliphatic carbocycles. The zero-order chi connectivity index (χ0) is 15.9. The molecule has 1 amide bonds. The van der Waals surface area contributed by atoms with Gasteiger partial charge < -0.3 is 14.2 Å². The summed E-state index contributed by atoms with van der Waals surface area (Å²) in [7, 11) is 5.70. The van der Waals surface area contributed by atoms with Gasteiger partial charge in [0.2, 0.25) is 5.91 Å². The molecule has 2 heterocycles. The molecule has 4 nitrogen and oxygen atoms in total. The van der Waals surface area contributed by atoms with Gasteiger partial charge in [-0.2, -0.15) is 0 Å². The van der Waals surface area contributed by atoms with Crippen LogP contribution in [-0.2, 0) is 28.6 Å². The van der Waals surface area contributed by atoms with Crippen molar-refractivity contribution >= 4 is 16.8 Å². The van der Waals surface area contributed by atoms with Crippen LogP contribution in [0.2, 0.25) is 0 Å². The number of aromatic nitrogens is 1. The van der Waals surface area contributed by atoms with Gasteiger partial charge in [0.15, 0.2) is 0 Å². The maximum absolute atomic E-state index is 12.0. The van der Waals surface area contributed by atoms with E-state index in [1.165, 1.54) is 22.2 Å². The van der Waals surface area contributed by atoms with Gasteiger partial charge in [-0.15, -0.1) is 0 Å². The van der Waals surface area contributed by atoms with Crippen LogP contribution >= 0.6 is 0 Å². The highest BCUT2D eigenvalue weighted by Crippen LogP contribution is 2.41. The average Bonchev–Trinajstić information content (AvgIpc) is 2.80. The predicted molar refractivity (Wildman–Crippen MR) is 87.9 cm³/mol. The monoisotopic (exact) mass is 300 g/mol. The third kappa shape index (κ3) is 2.31. The van der Waals surface area contributed by atoms with Crippen LogP contribution in [0.5, 0.6) is 0 Å². The van der Waals surface area contributed by atoms with Crippen LogP contribution in [0.25, 0.3) is 10.9 Å². The van der Waals surface area contributed by atoms with E-state index in [1.807, 2.05) is 0 Å². The van der Waals surface area contributed by atoms with Gasteiger partial charge in [-0.1, -0.05) is 18.2 Å². The largest absolute Gasteiger partial charge is 0.369 e. The van der Waals surface area contributed by atoms with Crippen LogP contribution in [-0.4, -0.2) is 36.1 Å². The summed E-state index contributed by atoms with van der Waals surface area (Å²) >= 11 is 0. The lowest BCUT2D eigenvalue weighted by molar-refractivity contribution is -0.131. The van der Waals surface area contributed by atoms with E-state index in [2.05, 4.69) is 42.8 Å². The Morgan fingerprint density at radius 3 is 2.82 bits per heavy atom. The zero-order valence-corrected chi connectivity index (χ0v) is 13.8. The molecular formula is C18H24N2O2. The predicted octanol–water partition coefficient (Wildman–Crippen LogP) is 2.83. The summed E-state index contributed by atoms with van der Waals surface area (Å²) in [6.45, 7) is 2.83. The molecule has 3 rings (SSSR count). The molecule has 1 unspecified atom stereocenters. The van der Waals surface area contributed by atoms with E-state index in [0.29, 0.717) is 19.4 Å². The Hall–Kier alpha value is -1.81. The second-order valence-corrected chi connectivity index (χ2v) is 6.52. The fraction of sp³-hybridized carbons (Fsp3) is 0.500. The summed E-state index contributed by atoms with van der Waals surface area (Å²) in [4.78, 5) is 13.6. The fourth-order valence-corrected chi connectivity index (χ4v) is 3.61. The Morgan fingerprint density at radius 1 is 1.36 bits per heavy atom. The average molecular weight is 300 g/mol. The first-order valence-electron chi connectivity index (χ1n) is 7.85. The molecule has 22 heavy (non-hydrogen) atoms. The van der Waals surface area contributed by atoms with Crippen molar-refractivity contribution in [3.05, 3.63) is 35.5 Å². The number of benzene rings is 1. The summed E-state index contributed by atoms with van der Waals surface area (Å²) < 4.78 is 8.38. The number of ether oxygens (including phenoxy) is 1. The van der Waals surface area contributed by atoms with E-state index in [1.54, 1.807) is 19.0 Å². The summed E-state index contributed by atoms with van der Waals surface area (Å²) in [5, 5.41) is 1.31. The fourth-order valence-electron chi connectivity index (χ4n) is 3.61. The molecule has 0 saturated heterocycles. The van der Waals surface area contributed by atoms with Crippen molar-refractivity contribution in [2.45, 2.75) is 31.8 Å². The maximum Gasteiger partial charge on any atom is 0.222 e. The van der Waals surface area contributed by atoms with Crippen molar-refractivity contribution in [2.75, 3.05) is 20.7 Å². The molecule has 118 valence electrons. The number of rotatable bonds is 3. The molecule has 2 aromatic rings. The molecule has 1 aliphatic heterocycles. The van der Waals surface area contributed by atoms with Gasteiger partial charge in [0.1, 0.15) is 5.60 Å². The summed E-state index contributed by atoms with van der Waals surface area (Å²) in [5.41, 5.74) is 3.45. The summed E-state index contributed by atoms with van der Waals surface area (Å²) in [6, 6.07) is 8.50. The molecule has 1 aromatic carbocycles. The third-order valence-electron chi connectivity index (χ3n) is 4.80. The quantitative estimate of drug-likeness (QED) is 0.873. The number of carbonyl (C=O) groups is 1. The molecule has 0 N–H and O–H groups in total. The van der Waals surface area contributed by atoms with Gasteiger partial charge >= 0.3 is 0 Å². The maximum atomic E-state index is 12.0. The highest BCUT2D eigenvalue weighted by Gasteiger charge is 2.37. The van der Waals surface area contributed by atoms with Gasteiger partial charge in [-0.05, 0) is 31.4 Å². The van der Waals surface area contributed by atoms with Crippen molar-refractivity contribution in [1.82, 2.24) is 9.47 Å². The number of carbonyl (C=O) groups excluding carboxylic acids is 1. The lowest BCUT2D eigenvalue weighted by atomic mass is 9.88. The van der Waals surface area contributed by atoms with E-state index in [4.69, 9.17) is 4.74 Å². The SMILES string of the molecule is CN(C)C(=O)CCC1(C)OCCc2c1n(C)c1ccccc21. The standard InChI is InChI=1S/C18H24N2O2/c1-18(11-9-16(21)19(2)3)17-14(10-12-22-18)13-7-5-6-8-15(13)20(17)4/h5-8H,9-12H2,1-4H3. The minimum absolute atomic E-state index is 0.149. The topological polar surface area (TPSA) is 34.5 Å². The first-order valence-corrected chi connectivity index (χ1v) is 7.85. The first kappa shape index (κ1) is 15.1.